The van der Waals surface area contributed by atoms with Crippen molar-refractivity contribution in [1.82, 2.24) is 5.32 Å². The van der Waals surface area contributed by atoms with E-state index in [1.54, 1.807) is 6.08 Å². The van der Waals surface area contributed by atoms with Gasteiger partial charge >= 0.3 is 7.82 Å². The summed E-state index contributed by atoms with van der Waals surface area (Å²) in [6.07, 6.45) is 18.1. The molecule has 2 atom stereocenters. The summed E-state index contributed by atoms with van der Waals surface area (Å²) in [5.74, 6) is 0. The molecule has 6 nitrogen and oxygen atoms in total. The van der Waals surface area contributed by atoms with Crippen LogP contribution in [0.2, 0.25) is 0 Å². The van der Waals surface area contributed by atoms with Crippen molar-refractivity contribution in [3.05, 3.63) is 12.2 Å². The van der Waals surface area contributed by atoms with Gasteiger partial charge in [-0.15, -0.1) is 0 Å². The zero-order valence-electron chi connectivity index (χ0n) is 17.3. The Hall–Kier alpha value is -0.230. The van der Waals surface area contributed by atoms with Gasteiger partial charge in [0.1, 0.15) is 0 Å². The van der Waals surface area contributed by atoms with Gasteiger partial charge in [0.2, 0.25) is 0 Å². The highest BCUT2D eigenvalue weighted by Crippen LogP contribution is 2.35. The van der Waals surface area contributed by atoms with Crippen LogP contribution in [0.4, 0.5) is 0 Å². The highest BCUT2D eigenvalue weighted by Gasteiger charge is 2.21. The number of nitrogens with one attached hydrogen (secondary N) is 1. The molecule has 0 spiro atoms. The first-order chi connectivity index (χ1) is 12.9. The van der Waals surface area contributed by atoms with Crippen LogP contribution in [0, 0.1) is 0 Å². The van der Waals surface area contributed by atoms with Crippen LogP contribution in [-0.4, -0.2) is 40.2 Å². The van der Waals surface area contributed by atoms with Crippen molar-refractivity contribution in [2.24, 2.45) is 0 Å². The second-order valence-corrected chi connectivity index (χ2v) is 8.43. The second kappa shape index (κ2) is 17.8. The summed E-state index contributed by atoms with van der Waals surface area (Å²) >= 11 is 0. The van der Waals surface area contributed by atoms with E-state index in [2.05, 4.69) is 16.8 Å². The standard InChI is InChI=1S/C20H42NO5P/c1-3-5-6-7-8-9-10-11-12-13-14-15-16-17-20(22)19(21-4-2)18-26-27(23,24)25/h16-17,19-22H,3-15,18H2,1-2H3,(H2,23,24,25)/b17-16+/t19-,20+/m0/s1. The Morgan fingerprint density at radius 2 is 1.44 bits per heavy atom. The predicted octanol–water partition coefficient (Wildman–Crippen LogP) is 4.69. The number of aliphatic hydroxyl groups is 1. The Morgan fingerprint density at radius 3 is 1.93 bits per heavy atom. The lowest BCUT2D eigenvalue weighted by Crippen LogP contribution is -2.42. The van der Waals surface area contributed by atoms with E-state index in [1.165, 1.54) is 64.2 Å². The van der Waals surface area contributed by atoms with Crippen molar-refractivity contribution in [3.63, 3.8) is 0 Å². The Balaban J connectivity index is 3.70. The summed E-state index contributed by atoms with van der Waals surface area (Å²) < 4.78 is 15.3. The maximum absolute atomic E-state index is 10.8. The van der Waals surface area contributed by atoms with E-state index < -0.39 is 20.0 Å². The van der Waals surface area contributed by atoms with Gasteiger partial charge < -0.3 is 20.2 Å². The second-order valence-electron chi connectivity index (χ2n) is 7.19. The van der Waals surface area contributed by atoms with E-state index in [0.29, 0.717) is 6.54 Å². The molecule has 0 aliphatic heterocycles. The molecule has 0 fully saturated rings. The SMILES string of the molecule is CCCCCCCCCCCCC/C=C/[C@@H](O)[C@H](COP(=O)(O)O)NCC. The summed E-state index contributed by atoms with van der Waals surface area (Å²) in [6, 6.07) is -0.531. The van der Waals surface area contributed by atoms with Crippen LogP contribution in [0.1, 0.15) is 90.9 Å². The molecular formula is C20H42NO5P. The van der Waals surface area contributed by atoms with Crippen molar-refractivity contribution in [3.8, 4) is 0 Å². The predicted molar refractivity (Wildman–Crippen MR) is 112 cm³/mol. The van der Waals surface area contributed by atoms with Gasteiger partial charge in [0.15, 0.2) is 0 Å². The Morgan fingerprint density at radius 1 is 0.926 bits per heavy atom. The smallest absolute Gasteiger partial charge is 0.387 e. The summed E-state index contributed by atoms with van der Waals surface area (Å²) in [5, 5.41) is 13.1. The van der Waals surface area contributed by atoms with Gasteiger partial charge in [-0.3, -0.25) is 4.52 Å². The van der Waals surface area contributed by atoms with E-state index in [9.17, 15) is 9.67 Å². The fraction of sp³-hybridized carbons (Fsp3) is 0.900. The number of allylic oxidation sites excluding steroid dienone is 1. The van der Waals surface area contributed by atoms with E-state index in [0.717, 1.165) is 12.8 Å². The topological polar surface area (TPSA) is 99.0 Å². The molecule has 27 heavy (non-hydrogen) atoms. The normalized spacial score (nSPS) is 14.7. The minimum Gasteiger partial charge on any atom is -0.387 e. The molecule has 7 heteroatoms. The molecule has 0 amide bonds. The zero-order valence-corrected chi connectivity index (χ0v) is 18.2. The van der Waals surface area contributed by atoms with Crippen LogP contribution in [0.25, 0.3) is 0 Å². The largest absolute Gasteiger partial charge is 0.469 e. The lowest BCUT2D eigenvalue weighted by atomic mass is 10.0. The van der Waals surface area contributed by atoms with E-state index in [-0.39, 0.29) is 6.61 Å². The molecule has 4 N–H and O–H groups in total. The molecule has 0 aromatic carbocycles. The minimum absolute atomic E-state index is 0.234. The zero-order chi connectivity index (χ0) is 20.4. The molecule has 0 aliphatic carbocycles. The Labute approximate surface area is 166 Å². The van der Waals surface area contributed by atoms with E-state index >= 15 is 0 Å². The van der Waals surface area contributed by atoms with Crippen LogP contribution in [0.5, 0.6) is 0 Å². The van der Waals surface area contributed by atoms with E-state index in [4.69, 9.17) is 9.79 Å². The van der Waals surface area contributed by atoms with Crippen molar-refractivity contribution in [1.29, 1.82) is 0 Å². The molecule has 0 aromatic rings. The lowest BCUT2D eigenvalue weighted by molar-refractivity contribution is 0.113. The van der Waals surface area contributed by atoms with Crippen LogP contribution in [-0.2, 0) is 9.09 Å². The minimum atomic E-state index is -4.52. The van der Waals surface area contributed by atoms with Gasteiger partial charge in [-0.25, -0.2) is 4.57 Å². The van der Waals surface area contributed by atoms with Gasteiger partial charge in [-0.1, -0.05) is 90.2 Å². The third-order valence-electron chi connectivity index (χ3n) is 4.61. The van der Waals surface area contributed by atoms with Crippen LogP contribution in [0.3, 0.4) is 0 Å². The van der Waals surface area contributed by atoms with Crippen LogP contribution in [0.15, 0.2) is 12.2 Å². The number of phosphoric acid groups is 1. The molecule has 0 radical (unpaired) electrons. The van der Waals surface area contributed by atoms with Gasteiger partial charge in [-0.05, 0) is 19.4 Å². The molecule has 0 bridgehead atoms. The quantitative estimate of drug-likeness (QED) is 0.141. The Kier molecular flexibility index (Phi) is 17.7. The Bertz CT molecular complexity index is 400. The maximum Gasteiger partial charge on any atom is 0.469 e. The maximum atomic E-state index is 10.8. The number of likely N-dealkylation sites (N-methyl/N-ethyl adjacent to an activating group) is 1. The fourth-order valence-electron chi connectivity index (χ4n) is 3.01. The van der Waals surface area contributed by atoms with Gasteiger partial charge in [0.05, 0.1) is 18.8 Å². The summed E-state index contributed by atoms with van der Waals surface area (Å²) in [6.45, 7) is 4.46. The monoisotopic (exact) mass is 407 g/mol. The first kappa shape index (κ1) is 26.8. The number of phosphoric ester groups is 1. The molecule has 0 rings (SSSR count). The van der Waals surface area contributed by atoms with Gasteiger partial charge in [0.25, 0.3) is 0 Å². The van der Waals surface area contributed by atoms with Gasteiger partial charge in [-0.2, -0.15) is 0 Å². The molecule has 0 heterocycles. The van der Waals surface area contributed by atoms with Gasteiger partial charge in [0, 0.05) is 0 Å². The molecule has 0 unspecified atom stereocenters. The third kappa shape index (κ3) is 18.9. The number of unbranched alkanes of at least 4 members (excludes halogenated alkanes) is 11. The molecule has 0 saturated heterocycles. The highest BCUT2D eigenvalue weighted by atomic mass is 31.2. The molecule has 162 valence electrons. The van der Waals surface area contributed by atoms with Crippen LogP contribution < -0.4 is 5.32 Å². The van der Waals surface area contributed by atoms with Crippen molar-refractivity contribution in [2.75, 3.05) is 13.2 Å². The van der Waals surface area contributed by atoms with Crippen molar-refractivity contribution < 1.29 is 24.0 Å². The third-order valence-corrected chi connectivity index (χ3v) is 5.09. The fourth-order valence-corrected chi connectivity index (χ4v) is 3.37. The number of rotatable bonds is 19. The molecular weight excluding hydrogens is 365 g/mol. The van der Waals surface area contributed by atoms with E-state index in [1.807, 2.05) is 13.0 Å². The number of aliphatic hydroxyl groups excluding tert-OH is 1. The average Bonchev–Trinajstić information content (AvgIpc) is 2.61. The van der Waals surface area contributed by atoms with Crippen molar-refractivity contribution in [2.45, 2.75) is 103 Å². The molecule has 0 saturated carbocycles. The number of hydrogen-bond donors (Lipinski definition) is 4. The molecule has 0 aromatic heterocycles. The number of hydrogen-bond acceptors (Lipinski definition) is 4. The first-order valence-electron chi connectivity index (χ1n) is 10.7. The lowest BCUT2D eigenvalue weighted by Gasteiger charge is -2.21. The first-order valence-corrected chi connectivity index (χ1v) is 12.2. The van der Waals surface area contributed by atoms with Crippen molar-refractivity contribution >= 4 is 7.82 Å². The summed E-state index contributed by atoms with van der Waals surface area (Å²) in [4.78, 5) is 17.6. The summed E-state index contributed by atoms with van der Waals surface area (Å²) in [7, 11) is -4.52. The summed E-state index contributed by atoms with van der Waals surface area (Å²) in [5.41, 5.74) is 0. The molecule has 0 aliphatic rings. The average molecular weight is 408 g/mol. The highest BCUT2D eigenvalue weighted by molar-refractivity contribution is 7.46. The van der Waals surface area contributed by atoms with Crippen LogP contribution >= 0.6 is 7.82 Å².